The summed E-state index contributed by atoms with van der Waals surface area (Å²) in [4.78, 5) is 42.5. The van der Waals surface area contributed by atoms with Gasteiger partial charge in [0, 0.05) is 45.1 Å². The van der Waals surface area contributed by atoms with Crippen molar-refractivity contribution in [1.29, 1.82) is 0 Å². The van der Waals surface area contributed by atoms with Gasteiger partial charge in [0.15, 0.2) is 0 Å². The van der Waals surface area contributed by atoms with E-state index in [1.54, 1.807) is 0 Å². The number of aromatic nitrogens is 1. The van der Waals surface area contributed by atoms with Gasteiger partial charge in [-0.05, 0) is 44.2 Å². The minimum Gasteiger partial charge on any atom is -0.379 e. The van der Waals surface area contributed by atoms with Crippen LogP contribution in [0.3, 0.4) is 0 Å². The summed E-state index contributed by atoms with van der Waals surface area (Å²) in [6.45, 7) is 5.44. The SMILES string of the molecule is Cc1c(C(=O)N(C)C)cc(C(=O)NCCCN2CCOCC2)c(=O)n1-c1cccc(C(F)(F)F)c1. The Morgan fingerprint density at radius 3 is 2.43 bits per heavy atom. The molecule has 0 unspecified atom stereocenters. The van der Waals surface area contributed by atoms with Gasteiger partial charge in [-0.15, -0.1) is 0 Å². The predicted molar refractivity (Wildman–Crippen MR) is 124 cm³/mol. The highest BCUT2D eigenvalue weighted by atomic mass is 19.4. The molecule has 1 aliphatic heterocycles. The topological polar surface area (TPSA) is 83.9 Å². The molecular formula is C24H29F3N4O4. The molecule has 0 spiro atoms. The van der Waals surface area contributed by atoms with E-state index in [1.807, 2.05) is 0 Å². The number of nitrogens with zero attached hydrogens (tertiary/aromatic N) is 3. The molecule has 2 aromatic rings. The molecule has 1 aliphatic rings. The minimum absolute atomic E-state index is 0.0467. The molecule has 1 N–H and O–H groups in total. The highest BCUT2D eigenvalue weighted by molar-refractivity contribution is 6.00. The van der Waals surface area contributed by atoms with Crippen molar-refractivity contribution in [3.8, 4) is 5.69 Å². The first-order valence-electron chi connectivity index (χ1n) is 11.2. The molecule has 3 rings (SSSR count). The summed E-state index contributed by atoms with van der Waals surface area (Å²) in [6.07, 6.45) is -3.98. The van der Waals surface area contributed by atoms with E-state index in [4.69, 9.17) is 4.74 Å². The molecule has 0 bridgehead atoms. The van der Waals surface area contributed by atoms with Gasteiger partial charge >= 0.3 is 6.18 Å². The van der Waals surface area contributed by atoms with Crippen LogP contribution in [0.25, 0.3) is 5.69 Å². The average molecular weight is 495 g/mol. The van der Waals surface area contributed by atoms with E-state index in [0.717, 1.165) is 36.3 Å². The molecule has 0 atom stereocenters. The maximum atomic E-state index is 13.3. The second-order valence-electron chi connectivity index (χ2n) is 8.51. The fraction of sp³-hybridized carbons (Fsp3) is 0.458. The number of morpholine rings is 1. The molecule has 190 valence electrons. The van der Waals surface area contributed by atoms with Gasteiger partial charge < -0.3 is 15.0 Å². The maximum Gasteiger partial charge on any atom is 0.416 e. The lowest BCUT2D eigenvalue weighted by atomic mass is 10.1. The van der Waals surface area contributed by atoms with Crippen LogP contribution in [-0.4, -0.2) is 79.7 Å². The summed E-state index contributed by atoms with van der Waals surface area (Å²) >= 11 is 0. The Bertz CT molecular complexity index is 1140. The van der Waals surface area contributed by atoms with Crippen molar-refractivity contribution in [2.45, 2.75) is 19.5 Å². The molecule has 35 heavy (non-hydrogen) atoms. The van der Waals surface area contributed by atoms with Crippen LogP contribution in [0.5, 0.6) is 0 Å². The Balaban J connectivity index is 1.94. The number of hydrogen-bond acceptors (Lipinski definition) is 5. The van der Waals surface area contributed by atoms with E-state index in [9.17, 15) is 27.6 Å². The number of hydrogen-bond donors (Lipinski definition) is 1. The Kier molecular flexibility index (Phi) is 8.34. The summed E-state index contributed by atoms with van der Waals surface area (Å²) in [5, 5.41) is 2.69. The van der Waals surface area contributed by atoms with Crippen LogP contribution in [0.15, 0.2) is 35.1 Å². The van der Waals surface area contributed by atoms with Crippen LogP contribution in [0.2, 0.25) is 0 Å². The number of ether oxygens (including phenoxy) is 1. The highest BCUT2D eigenvalue weighted by Gasteiger charge is 2.31. The zero-order valence-electron chi connectivity index (χ0n) is 19.9. The molecule has 2 amide bonds. The summed E-state index contributed by atoms with van der Waals surface area (Å²) in [5.41, 5.74) is -1.97. The van der Waals surface area contributed by atoms with Crippen molar-refractivity contribution in [2.24, 2.45) is 0 Å². The first-order chi connectivity index (χ1) is 16.5. The molecule has 1 aromatic carbocycles. The number of amides is 2. The molecule has 2 heterocycles. The van der Waals surface area contributed by atoms with Gasteiger partial charge in [-0.1, -0.05) is 6.07 Å². The first kappa shape index (κ1) is 26.4. The molecule has 0 radical (unpaired) electrons. The van der Waals surface area contributed by atoms with Crippen LogP contribution in [0, 0.1) is 6.92 Å². The number of nitrogens with one attached hydrogen (secondary N) is 1. The first-order valence-corrected chi connectivity index (χ1v) is 11.2. The number of halogens is 3. The van der Waals surface area contributed by atoms with E-state index >= 15 is 0 Å². The number of pyridine rings is 1. The Hall–Kier alpha value is -3.18. The fourth-order valence-electron chi connectivity index (χ4n) is 3.88. The number of benzene rings is 1. The van der Waals surface area contributed by atoms with Crippen LogP contribution in [0.4, 0.5) is 13.2 Å². The van der Waals surface area contributed by atoms with Crippen LogP contribution >= 0.6 is 0 Å². The average Bonchev–Trinajstić information content (AvgIpc) is 2.82. The van der Waals surface area contributed by atoms with E-state index in [0.29, 0.717) is 26.2 Å². The van der Waals surface area contributed by atoms with Crippen LogP contribution in [0.1, 0.15) is 38.4 Å². The van der Waals surface area contributed by atoms with E-state index in [1.165, 1.54) is 44.1 Å². The van der Waals surface area contributed by atoms with Gasteiger partial charge in [-0.3, -0.25) is 23.9 Å². The standard InChI is InChI=1S/C24H29F3N4O4/c1-16-19(22(33)29(2)3)15-20(21(32)28-8-5-9-30-10-12-35-13-11-30)23(34)31(16)18-7-4-6-17(14-18)24(25,26)27/h4,6-7,14-15H,5,8-13H2,1-3H3,(H,28,32). The summed E-state index contributed by atoms with van der Waals surface area (Å²) in [7, 11) is 3.01. The smallest absolute Gasteiger partial charge is 0.379 e. The largest absolute Gasteiger partial charge is 0.416 e. The van der Waals surface area contributed by atoms with Crippen molar-refractivity contribution < 1.29 is 27.5 Å². The van der Waals surface area contributed by atoms with E-state index in [2.05, 4.69) is 10.2 Å². The van der Waals surface area contributed by atoms with E-state index < -0.39 is 29.1 Å². The van der Waals surface area contributed by atoms with Gasteiger partial charge in [0.25, 0.3) is 17.4 Å². The molecule has 1 aromatic heterocycles. The maximum absolute atomic E-state index is 13.3. The summed E-state index contributed by atoms with van der Waals surface area (Å²) < 4.78 is 46.2. The Morgan fingerprint density at radius 1 is 1.11 bits per heavy atom. The lowest BCUT2D eigenvalue weighted by Gasteiger charge is -2.26. The Morgan fingerprint density at radius 2 is 1.80 bits per heavy atom. The number of carbonyl (C=O) groups is 2. The lowest BCUT2D eigenvalue weighted by Crippen LogP contribution is -2.39. The number of rotatable bonds is 7. The Labute approximate surface area is 201 Å². The van der Waals surface area contributed by atoms with Crippen molar-refractivity contribution in [3.63, 3.8) is 0 Å². The monoisotopic (exact) mass is 494 g/mol. The van der Waals surface area contributed by atoms with Crippen molar-refractivity contribution in [2.75, 3.05) is 53.5 Å². The third-order valence-electron chi connectivity index (χ3n) is 5.80. The lowest BCUT2D eigenvalue weighted by molar-refractivity contribution is -0.137. The molecular weight excluding hydrogens is 465 g/mol. The summed E-state index contributed by atoms with van der Waals surface area (Å²) in [5.74, 6) is -1.17. The van der Waals surface area contributed by atoms with Gasteiger partial charge in [0.1, 0.15) is 5.56 Å². The second kappa shape index (κ2) is 11.0. The van der Waals surface area contributed by atoms with E-state index in [-0.39, 0.29) is 22.5 Å². The van der Waals surface area contributed by atoms with Crippen molar-refractivity contribution >= 4 is 11.8 Å². The van der Waals surface area contributed by atoms with Gasteiger partial charge in [-0.25, -0.2) is 0 Å². The molecule has 0 saturated carbocycles. The molecule has 0 aliphatic carbocycles. The normalized spacial score (nSPS) is 14.6. The van der Waals surface area contributed by atoms with Crippen molar-refractivity contribution in [1.82, 2.24) is 19.7 Å². The third kappa shape index (κ3) is 6.29. The zero-order valence-corrected chi connectivity index (χ0v) is 19.9. The molecule has 8 nitrogen and oxygen atoms in total. The second-order valence-corrected chi connectivity index (χ2v) is 8.51. The summed E-state index contributed by atoms with van der Waals surface area (Å²) in [6, 6.07) is 5.43. The highest BCUT2D eigenvalue weighted by Crippen LogP contribution is 2.30. The van der Waals surface area contributed by atoms with Gasteiger partial charge in [0.05, 0.1) is 24.3 Å². The van der Waals surface area contributed by atoms with Crippen molar-refractivity contribution in [3.05, 3.63) is 63.1 Å². The van der Waals surface area contributed by atoms with Crippen LogP contribution in [-0.2, 0) is 10.9 Å². The van der Waals surface area contributed by atoms with Gasteiger partial charge in [-0.2, -0.15) is 13.2 Å². The number of carbonyl (C=O) groups excluding carboxylic acids is 2. The van der Waals surface area contributed by atoms with Crippen LogP contribution < -0.4 is 10.9 Å². The molecule has 11 heteroatoms. The number of alkyl halides is 3. The fourth-order valence-corrected chi connectivity index (χ4v) is 3.88. The van der Waals surface area contributed by atoms with Gasteiger partial charge in [0.2, 0.25) is 0 Å². The molecule has 1 fully saturated rings. The minimum atomic E-state index is -4.62. The molecule has 1 saturated heterocycles. The quantitative estimate of drug-likeness (QED) is 0.598. The third-order valence-corrected chi connectivity index (χ3v) is 5.80. The zero-order chi connectivity index (χ0) is 25.8. The predicted octanol–water partition coefficient (Wildman–Crippen LogP) is 2.32.